The van der Waals surface area contributed by atoms with Crippen molar-refractivity contribution in [2.75, 3.05) is 13.8 Å². The number of aryl methyl sites for hydroxylation is 1. The van der Waals surface area contributed by atoms with Crippen LogP contribution in [0.4, 0.5) is 4.79 Å². The van der Waals surface area contributed by atoms with Crippen LogP contribution in [0.3, 0.4) is 0 Å². The minimum atomic E-state index is -0.812. The van der Waals surface area contributed by atoms with E-state index in [1.807, 2.05) is 25.1 Å². The molecule has 0 N–H and O–H groups in total. The van der Waals surface area contributed by atoms with Gasteiger partial charge in [0, 0.05) is 13.1 Å². The molecule has 1 aliphatic heterocycles. The lowest BCUT2D eigenvalue weighted by atomic mass is 10.1. The highest BCUT2D eigenvalue weighted by atomic mass is 16.7. The summed E-state index contributed by atoms with van der Waals surface area (Å²) in [5.74, 6) is 1.12. The van der Waals surface area contributed by atoms with E-state index in [1.165, 1.54) is 4.90 Å². The quantitative estimate of drug-likeness (QED) is 0.819. The van der Waals surface area contributed by atoms with Gasteiger partial charge in [-0.2, -0.15) is 0 Å². The normalized spacial score (nSPS) is 13.6. The molecule has 8 heteroatoms. The zero-order chi connectivity index (χ0) is 18.0. The molecule has 134 valence electrons. The van der Waals surface area contributed by atoms with E-state index in [9.17, 15) is 9.59 Å². The summed E-state index contributed by atoms with van der Waals surface area (Å²) in [5, 5.41) is 0. The molecule has 8 nitrogen and oxygen atoms in total. The third kappa shape index (κ3) is 3.78. The molecule has 1 atom stereocenters. The summed E-state index contributed by atoms with van der Waals surface area (Å²) in [5.41, 5.74) is 1.02. The number of benzene rings is 1. The van der Waals surface area contributed by atoms with Gasteiger partial charge in [-0.25, -0.2) is 9.59 Å². The lowest BCUT2D eigenvalue weighted by Crippen LogP contribution is -2.36. The van der Waals surface area contributed by atoms with E-state index in [-0.39, 0.29) is 25.2 Å². The van der Waals surface area contributed by atoms with Crippen molar-refractivity contribution in [3.63, 3.8) is 0 Å². The van der Waals surface area contributed by atoms with Crippen LogP contribution in [0.2, 0.25) is 0 Å². The maximum absolute atomic E-state index is 12.2. The van der Waals surface area contributed by atoms with Gasteiger partial charge in [0.1, 0.15) is 0 Å². The molecule has 1 unspecified atom stereocenters. The number of fused-ring (bicyclic) bond motifs is 1. The average molecular weight is 349 g/mol. The van der Waals surface area contributed by atoms with Crippen molar-refractivity contribution in [3.05, 3.63) is 45.9 Å². The Morgan fingerprint density at radius 3 is 2.76 bits per heavy atom. The summed E-state index contributed by atoms with van der Waals surface area (Å²) in [7, 11) is 1.65. The second kappa shape index (κ2) is 6.92. The minimum Gasteiger partial charge on any atom is -0.454 e. The van der Waals surface area contributed by atoms with Crippen molar-refractivity contribution in [3.8, 4) is 11.5 Å². The van der Waals surface area contributed by atoms with Crippen molar-refractivity contribution >= 4 is 6.09 Å². The Hall–Kier alpha value is -2.90. The molecular formula is C17H19NO7. The zero-order valence-electron chi connectivity index (χ0n) is 14.2. The first-order valence-corrected chi connectivity index (χ1v) is 7.81. The molecule has 0 fully saturated rings. The van der Waals surface area contributed by atoms with E-state index >= 15 is 0 Å². The van der Waals surface area contributed by atoms with Gasteiger partial charge in [0.15, 0.2) is 29.6 Å². The molecule has 1 amide bonds. The van der Waals surface area contributed by atoms with Crippen molar-refractivity contribution in [1.82, 2.24) is 4.90 Å². The third-order valence-corrected chi connectivity index (χ3v) is 4.08. The summed E-state index contributed by atoms with van der Waals surface area (Å²) in [4.78, 5) is 24.6. The van der Waals surface area contributed by atoms with E-state index in [4.69, 9.17) is 23.0 Å². The molecule has 1 aromatic carbocycles. The molecule has 1 aliphatic rings. The molecule has 0 aliphatic carbocycles. The van der Waals surface area contributed by atoms with E-state index in [1.54, 1.807) is 14.0 Å². The fraction of sp³-hybridized carbons (Fsp3) is 0.412. The molecule has 0 spiro atoms. The van der Waals surface area contributed by atoms with Crippen LogP contribution in [0.1, 0.15) is 24.0 Å². The zero-order valence-corrected chi connectivity index (χ0v) is 14.2. The predicted molar refractivity (Wildman–Crippen MR) is 85.7 cm³/mol. The van der Waals surface area contributed by atoms with Gasteiger partial charge in [0.2, 0.25) is 6.79 Å². The molecule has 0 bridgehead atoms. The highest BCUT2D eigenvalue weighted by Crippen LogP contribution is 2.32. The lowest BCUT2D eigenvalue weighted by molar-refractivity contribution is 0.0868. The fourth-order valence-electron chi connectivity index (χ4n) is 2.46. The van der Waals surface area contributed by atoms with Crippen LogP contribution in [0, 0.1) is 6.92 Å². The van der Waals surface area contributed by atoms with Crippen LogP contribution < -0.4 is 15.3 Å². The first kappa shape index (κ1) is 16.9. The number of hydrogen-bond donors (Lipinski definition) is 0. The summed E-state index contributed by atoms with van der Waals surface area (Å²) < 4.78 is 25.3. The second-order valence-corrected chi connectivity index (χ2v) is 5.84. The summed E-state index contributed by atoms with van der Waals surface area (Å²) in [6.45, 7) is 3.55. The molecule has 3 rings (SSSR count). The Morgan fingerprint density at radius 2 is 2.04 bits per heavy atom. The molecule has 1 aromatic heterocycles. The maximum atomic E-state index is 12.2. The standard InChI is InChI=1S/C17H19NO7/c1-10(6-12-4-5-13-14(7-12)23-9-22-13)18(3)16(19)21-8-15-11(2)24-17(20)25-15/h4-5,7,10H,6,8-9H2,1-3H3. The first-order valence-electron chi connectivity index (χ1n) is 7.81. The van der Waals surface area contributed by atoms with E-state index in [0.29, 0.717) is 17.9 Å². The lowest BCUT2D eigenvalue weighted by Gasteiger charge is -2.24. The SMILES string of the molecule is Cc1oc(=O)oc1COC(=O)N(C)C(C)Cc1ccc2c(c1)OCO2. The van der Waals surface area contributed by atoms with E-state index < -0.39 is 11.9 Å². The van der Waals surface area contributed by atoms with E-state index in [0.717, 1.165) is 11.3 Å². The topological polar surface area (TPSA) is 91.4 Å². The number of hydrogen-bond acceptors (Lipinski definition) is 7. The fourth-order valence-corrected chi connectivity index (χ4v) is 2.46. The number of rotatable bonds is 5. The number of likely N-dealkylation sites (N-methyl/N-ethyl adjacent to an activating group) is 1. The van der Waals surface area contributed by atoms with Crippen LogP contribution in [0.25, 0.3) is 0 Å². The summed E-state index contributed by atoms with van der Waals surface area (Å²) in [6.07, 6.45) is 0.110. The van der Waals surface area contributed by atoms with Crippen molar-refractivity contribution in [2.24, 2.45) is 0 Å². The number of carbonyl (C=O) groups excluding carboxylic acids is 1. The van der Waals surface area contributed by atoms with Crippen molar-refractivity contribution in [2.45, 2.75) is 32.9 Å². The van der Waals surface area contributed by atoms with Gasteiger partial charge in [-0.3, -0.25) is 0 Å². The predicted octanol–water partition coefficient (Wildman–Crippen LogP) is 2.47. The third-order valence-electron chi connectivity index (χ3n) is 4.08. The highest BCUT2D eigenvalue weighted by molar-refractivity contribution is 5.67. The number of ether oxygens (including phenoxy) is 3. The van der Waals surface area contributed by atoms with Gasteiger partial charge < -0.3 is 27.9 Å². The Kier molecular flexibility index (Phi) is 4.69. The van der Waals surface area contributed by atoms with Gasteiger partial charge in [-0.05, 0) is 38.0 Å². The molecular weight excluding hydrogens is 330 g/mol. The summed E-state index contributed by atoms with van der Waals surface area (Å²) in [6, 6.07) is 5.59. The number of carbonyl (C=O) groups is 1. The van der Waals surface area contributed by atoms with Crippen molar-refractivity contribution < 1.29 is 27.8 Å². The van der Waals surface area contributed by atoms with Crippen molar-refractivity contribution in [1.29, 1.82) is 0 Å². The van der Waals surface area contributed by atoms with E-state index in [2.05, 4.69) is 0 Å². The second-order valence-electron chi connectivity index (χ2n) is 5.84. The van der Waals surface area contributed by atoms with Gasteiger partial charge in [0.25, 0.3) is 0 Å². The minimum absolute atomic E-state index is 0.106. The largest absolute Gasteiger partial charge is 0.519 e. The Balaban J connectivity index is 1.56. The molecule has 0 saturated carbocycles. The molecule has 25 heavy (non-hydrogen) atoms. The van der Waals surface area contributed by atoms with Crippen LogP contribution in [-0.4, -0.2) is 30.9 Å². The first-order chi connectivity index (χ1) is 11.9. The molecule has 2 heterocycles. The smallest absolute Gasteiger partial charge is 0.454 e. The highest BCUT2D eigenvalue weighted by Gasteiger charge is 2.20. The average Bonchev–Trinajstić information content (AvgIpc) is 3.17. The number of amides is 1. The van der Waals surface area contributed by atoms with Gasteiger partial charge in [-0.1, -0.05) is 6.07 Å². The molecule has 0 saturated heterocycles. The Bertz CT molecular complexity index is 823. The van der Waals surface area contributed by atoms with Gasteiger partial charge >= 0.3 is 11.9 Å². The van der Waals surface area contributed by atoms with Gasteiger partial charge in [0.05, 0.1) is 0 Å². The Labute approximate surface area is 143 Å². The number of nitrogens with zero attached hydrogens (tertiary/aromatic N) is 1. The van der Waals surface area contributed by atoms with Crippen LogP contribution >= 0.6 is 0 Å². The van der Waals surface area contributed by atoms with Gasteiger partial charge in [-0.15, -0.1) is 0 Å². The Morgan fingerprint density at radius 1 is 1.28 bits per heavy atom. The summed E-state index contributed by atoms with van der Waals surface area (Å²) >= 11 is 0. The van der Waals surface area contributed by atoms with Crippen LogP contribution in [-0.2, 0) is 17.8 Å². The molecule has 0 radical (unpaired) electrons. The van der Waals surface area contributed by atoms with Crippen LogP contribution in [0.15, 0.2) is 31.8 Å². The van der Waals surface area contributed by atoms with Crippen LogP contribution in [0.5, 0.6) is 11.5 Å². The maximum Gasteiger partial charge on any atom is 0.519 e. The monoisotopic (exact) mass is 349 g/mol. The molecule has 2 aromatic rings.